The van der Waals surface area contributed by atoms with Gasteiger partial charge in [0.15, 0.2) is 0 Å². The van der Waals surface area contributed by atoms with Crippen LogP contribution < -0.4 is 4.74 Å². The molecule has 0 spiro atoms. The molecule has 1 aromatic carbocycles. The molecule has 0 aliphatic heterocycles. The molecule has 0 fully saturated rings. The molecular formula is C9H11IOS. The average Bonchev–Trinajstić information content (AvgIpc) is 2.01. The molecule has 3 heteroatoms. The van der Waals surface area contributed by atoms with Gasteiger partial charge in [-0.05, 0) is 40.8 Å². The maximum atomic E-state index is 5.47. The van der Waals surface area contributed by atoms with Crippen molar-refractivity contribution in [1.29, 1.82) is 0 Å². The fourth-order valence-electron chi connectivity index (χ4n) is 0.774. The minimum absolute atomic E-state index is 0.280. The van der Waals surface area contributed by atoms with E-state index < -0.39 is 0 Å². The zero-order valence-corrected chi connectivity index (χ0v) is 9.88. The summed E-state index contributed by atoms with van der Waals surface area (Å²) in [5.74, 6) is 0.919. The number of thiol groups is 1. The van der Waals surface area contributed by atoms with Crippen LogP contribution in [0, 0.1) is 3.57 Å². The van der Waals surface area contributed by atoms with Gasteiger partial charge in [0, 0.05) is 8.82 Å². The molecule has 1 rings (SSSR count). The van der Waals surface area contributed by atoms with Gasteiger partial charge in [-0.15, -0.1) is 0 Å². The van der Waals surface area contributed by atoms with Gasteiger partial charge < -0.3 is 4.74 Å². The molecule has 0 aliphatic carbocycles. The lowest BCUT2D eigenvalue weighted by atomic mass is 10.3. The predicted octanol–water partition coefficient (Wildman–Crippen LogP) is 2.99. The first-order valence-corrected chi connectivity index (χ1v) is 5.34. The summed E-state index contributed by atoms with van der Waals surface area (Å²) in [5, 5.41) is 0.280. The molecule has 66 valence electrons. The molecule has 1 aromatic rings. The standard InChI is InChI=1S/C9H11IOS/c1-7(12)6-11-9-4-2-3-8(10)5-9/h2-5,7,12H,6H2,1H3. The van der Waals surface area contributed by atoms with E-state index in [2.05, 4.69) is 35.2 Å². The molecule has 0 saturated heterocycles. The fraction of sp³-hybridized carbons (Fsp3) is 0.333. The lowest BCUT2D eigenvalue weighted by Crippen LogP contribution is -2.07. The highest BCUT2D eigenvalue weighted by molar-refractivity contribution is 14.1. The first-order chi connectivity index (χ1) is 5.68. The molecule has 0 saturated carbocycles. The van der Waals surface area contributed by atoms with E-state index in [1.54, 1.807) is 0 Å². The highest BCUT2D eigenvalue weighted by Gasteiger charge is 1.97. The van der Waals surface area contributed by atoms with Crippen LogP contribution in [0.3, 0.4) is 0 Å². The van der Waals surface area contributed by atoms with E-state index in [0.29, 0.717) is 6.61 Å². The Bertz CT molecular complexity index is 250. The minimum Gasteiger partial charge on any atom is -0.492 e. The molecule has 1 nitrogen and oxygen atoms in total. The van der Waals surface area contributed by atoms with E-state index in [9.17, 15) is 0 Å². The molecule has 0 heterocycles. The van der Waals surface area contributed by atoms with Gasteiger partial charge >= 0.3 is 0 Å². The number of hydrogen-bond acceptors (Lipinski definition) is 2. The van der Waals surface area contributed by atoms with Gasteiger partial charge in [-0.3, -0.25) is 0 Å². The largest absolute Gasteiger partial charge is 0.492 e. The van der Waals surface area contributed by atoms with E-state index in [4.69, 9.17) is 4.74 Å². The number of rotatable bonds is 3. The first kappa shape index (κ1) is 10.2. The van der Waals surface area contributed by atoms with Gasteiger partial charge in [0.1, 0.15) is 5.75 Å². The third-order valence-corrected chi connectivity index (χ3v) is 2.11. The highest BCUT2D eigenvalue weighted by atomic mass is 127. The van der Waals surface area contributed by atoms with Gasteiger partial charge in [0.25, 0.3) is 0 Å². The Labute approximate surface area is 92.1 Å². The van der Waals surface area contributed by atoms with E-state index in [-0.39, 0.29) is 5.25 Å². The molecule has 12 heavy (non-hydrogen) atoms. The number of halogens is 1. The molecule has 0 N–H and O–H groups in total. The van der Waals surface area contributed by atoms with Crippen molar-refractivity contribution in [2.24, 2.45) is 0 Å². The predicted molar refractivity (Wildman–Crippen MR) is 63.1 cm³/mol. The number of benzene rings is 1. The Morgan fingerprint density at radius 2 is 2.33 bits per heavy atom. The van der Waals surface area contributed by atoms with Crippen molar-refractivity contribution in [3.63, 3.8) is 0 Å². The van der Waals surface area contributed by atoms with Crippen molar-refractivity contribution >= 4 is 35.2 Å². The average molecular weight is 294 g/mol. The van der Waals surface area contributed by atoms with Gasteiger partial charge in [0.2, 0.25) is 0 Å². The maximum Gasteiger partial charge on any atom is 0.120 e. The Balaban J connectivity index is 2.52. The van der Waals surface area contributed by atoms with Gasteiger partial charge in [-0.1, -0.05) is 13.0 Å². The zero-order chi connectivity index (χ0) is 8.97. The SMILES string of the molecule is CC(S)COc1cccc(I)c1. The van der Waals surface area contributed by atoms with Gasteiger partial charge in [0.05, 0.1) is 6.61 Å². The maximum absolute atomic E-state index is 5.47. The summed E-state index contributed by atoms with van der Waals surface area (Å²) in [5.41, 5.74) is 0. The Kier molecular flexibility index (Phi) is 4.21. The molecule has 0 aromatic heterocycles. The third-order valence-electron chi connectivity index (χ3n) is 1.29. The second kappa shape index (κ2) is 4.97. The summed E-state index contributed by atoms with van der Waals surface area (Å²) in [4.78, 5) is 0. The molecule has 0 bridgehead atoms. The van der Waals surface area contributed by atoms with Crippen molar-refractivity contribution in [2.75, 3.05) is 6.61 Å². The van der Waals surface area contributed by atoms with Crippen molar-refractivity contribution in [2.45, 2.75) is 12.2 Å². The fourth-order valence-corrected chi connectivity index (χ4v) is 1.36. The Morgan fingerprint density at radius 3 is 2.92 bits per heavy atom. The zero-order valence-electron chi connectivity index (χ0n) is 6.83. The van der Waals surface area contributed by atoms with E-state index in [1.165, 1.54) is 3.57 Å². The topological polar surface area (TPSA) is 9.23 Å². The van der Waals surface area contributed by atoms with E-state index >= 15 is 0 Å². The lowest BCUT2D eigenvalue weighted by molar-refractivity contribution is 0.322. The summed E-state index contributed by atoms with van der Waals surface area (Å²) in [6, 6.07) is 7.99. The monoisotopic (exact) mass is 294 g/mol. The second-order valence-electron chi connectivity index (χ2n) is 2.62. The third kappa shape index (κ3) is 3.67. The van der Waals surface area contributed by atoms with Crippen LogP contribution in [0.4, 0.5) is 0 Å². The normalized spacial score (nSPS) is 12.6. The molecule has 0 aliphatic rings. The van der Waals surface area contributed by atoms with Crippen LogP contribution in [-0.2, 0) is 0 Å². The first-order valence-electron chi connectivity index (χ1n) is 3.75. The number of ether oxygens (including phenoxy) is 1. The quantitative estimate of drug-likeness (QED) is 0.666. The Hall–Kier alpha value is 0.100. The van der Waals surface area contributed by atoms with Crippen LogP contribution in [0.15, 0.2) is 24.3 Å². The van der Waals surface area contributed by atoms with Crippen molar-refractivity contribution in [3.8, 4) is 5.75 Å². The number of hydrogen-bond donors (Lipinski definition) is 1. The van der Waals surface area contributed by atoms with Crippen LogP contribution in [0.1, 0.15) is 6.92 Å². The summed E-state index contributed by atoms with van der Waals surface area (Å²) in [6.45, 7) is 2.67. The summed E-state index contributed by atoms with van der Waals surface area (Å²) >= 11 is 6.49. The smallest absolute Gasteiger partial charge is 0.120 e. The molecule has 1 atom stereocenters. The molecule has 0 radical (unpaired) electrons. The molecular weight excluding hydrogens is 283 g/mol. The van der Waals surface area contributed by atoms with Gasteiger partial charge in [-0.2, -0.15) is 12.6 Å². The molecule has 0 amide bonds. The van der Waals surface area contributed by atoms with E-state index in [0.717, 1.165) is 5.75 Å². The van der Waals surface area contributed by atoms with Crippen molar-refractivity contribution in [1.82, 2.24) is 0 Å². The summed E-state index contributed by atoms with van der Waals surface area (Å²) in [6.07, 6.45) is 0. The van der Waals surface area contributed by atoms with Gasteiger partial charge in [-0.25, -0.2) is 0 Å². The van der Waals surface area contributed by atoms with E-state index in [1.807, 2.05) is 31.2 Å². The summed E-state index contributed by atoms with van der Waals surface area (Å²) < 4.78 is 6.66. The van der Waals surface area contributed by atoms with Crippen molar-refractivity contribution in [3.05, 3.63) is 27.8 Å². The molecule has 1 unspecified atom stereocenters. The summed E-state index contributed by atoms with van der Waals surface area (Å²) in [7, 11) is 0. The van der Waals surface area contributed by atoms with Crippen LogP contribution >= 0.6 is 35.2 Å². The second-order valence-corrected chi connectivity index (χ2v) is 4.74. The minimum atomic E-state index is 0.280. The van der Waals surface area contributed by atoms with Crippen molar-refractivity contribution < 1.29 is 4.74 Å². The Morgan fingerprint density at radius 1 is 1.58 bits per heavy atom. The van der Waals surface area contributed by atoms with Crippen LogP contribution in [0.25, 0.3) is 0 Å². The lowest BCUT2D eigenvalue weighted by Gasteiger charge is -2.07. The highest BCUT2D eigenvalue weighted by Crippen LogP contribution is 2.15. The van der Waals surface area contributed by atoms with Crippen LogP contribution in [0.5, 0.6) is 5.75 Å². The van der Waals surface area contributed by atoms with Crippen LogP contribution in [0.2, 0.25) is 0 Å². The van der Waals surface area contributed by atoms with Crippen LogP contribution in [-0.4, -0.2) is 11.9 Å².